The summed E-state index contributed by atoms with van der Waals surface area (Å²) >= 11 is 1.54. The molecule has 0 N–H and O–H groups in total. The number of para-hydroxylation sites is 1. The molecule has 0 saturated heterocycles. The molecule has 4 rings (SSSR count). The number of carbonyl (C=O) groups excluding carboxylic acids is 1. The predicted molar refractivity (Wildman–Crippen MR) is 118 cm³/mol. The molecule has 3 heterocycles. The van der Waals surface area contributed by atoms with Gasteiger partial charge in [0.25, 0.3) is 5.56 Å². The molecule has 0 saturated carbocycles. The summed E-state index contributed by atoms with van der Waals surface area (Å²) in [7, 11) is 3.88. The lowest BCUT2D eigenvalue weighted by atomic mass is 10.0. The second-order valence-corrected chi connectivity index (χ2v) is 9.10. The van der Waals surface area contributed by atoms with Crippen molar-refractivity contribution >= 4 is 33.1 Å². The van der Waals surface area contributed by atoms with Crippen LogP contribution in [0, 0.1) is 13.8 Å². The zero-order valence-electron chi connectivity index (χ0n) is 17.4. The number of hydrogen-bond acceptors (Lipinski definition) is 5. The summed E-state index contributed by atoms with van der Waals surface area (Å²) in [5.41, 5.74) is 2.99. The topological polar surface area (TPSA) is 58.4 Å². The SMILES string of the molecule is Cc1sc2nc(CN(C)C)n(CC(=O)N3CCCc4ccccc43)c(=O)c2c1C. The third-order valence-electron chi connectivity index (χ3n) is 5.53. The third-order valence-corrected chi connectivity index (χ3v) is 6.63. The Morgan fingerprint density at radius 3 is 2.76 bits per heavy atom. The van der Waals surface area contributed by atoms with Crippen molar-refractivity contribution in [2.45, 2.75) is 39.8 Å². The van der Waals surface area contributed by atoms with Gasteiger partial charge >= 0.3 is 0 Å². The first-order valence-corrected chi connectivity index (χ1v) is 10.7. The van der Waals surface area contributed by atoms with Gasteiger partial charge in [-0.2, -0.15) is 0 Å². The van der Waals surface area contributed by atoms with Crippen molar-refractivity contribution < 1.29 is 4.79 Å². The molecule has 0 spiro atoms. The lowest BCUT2D eigenvalue weighted by Gasteiger charge is -2.30. The zero-order chi connectivity index (χ0) is 20.7. The van der Waals surface area contributed by atoms with Crippen LogP contribution in [0.25, 0.3) is 10.2 Å². The number of aryl methyl sites for hydroxylation is 3. The van der Waals surface area contributed by atoms with Gasteiger partial charge in [-0.25, -0.2) is 4.98 Å². The summed E-state index contributed by atoms with van der Waals surface area (Å²) in [5, 5.41) is 0.641. The summed E-state index contributed by atoms with van der Waals surface area (Å²) in [6, 6.07) is 8.03. The average molecular weight is 411 g/mol. The van der Waals surface area contributed by atoms with Crippen LogP contribution in [0.15, 0.2) is 29.1 Å². The highest BCUT2D eigenvalue weighted by molar-refractivity contribution is 7.18. The maximum Gasteiger partial charge on any atom is 0.263 e. The number of nitrogens with zero attached hydrogens (tertiary/aromatic N) is 4. The van der Waals surface area contributed by atoms with Crippen LogP contribution in [-0.4, -0.2) is 41.0 Å². The van der Waals surface area contributed by atoms with Gasteiger partial charge in [0.15, 0.2) is 0 Å². The van der Waals surface area contributed by atoms with Crippen LogP contribution in [0.1, 0.15) is 28.2 Å². The second kappa shape index (κ2) is 7.72. The van der Waals surface area contributed by atoms with Gasteiger partial charge in [-0.15, -0.1) is 11.3 Å². The standard InChI is InChI=1S/C22H26N4O2S/c1-14-15(2)29-21-20(14)22(28)26(18(23-21)12-24(3)4)13-19(27)25-11-7-9-16-8-5-6-10-17(16)25/h5-6,8,10H,7,9,11-13H2,1-4H3. The Labute approximate surface area is 174 Å². The van der Waals surface area contributed by atoms with E-state index in [0.29, 0.717) is 24.3 Å². The molecule has 2 aromatic heterocycles. The number of fused-ring (bicyclic) bond motifs is 2. The number of anilines is 1. The third kappa shape index (κ3) is 3.60. The first kappa shape index (κ1) is 19.8. The normalized spacial score (nSPS) is 13.9. The van der Waals surface area contributed by atoms with Crippen LogP contribution >= 0.6 is 11.3 Å². The quantitative estimate of drug-likeness (QED) is 0.663. The number of amides is 1. The molecular weight excluding hydrogens is 384 g/mol. The molecule has 29 heavy (non-hydrogen) atoms. The zero-order valence-corrected chi connectivity index (χ0v) is 18.2. The Hall–Kier alpha value is -2.51. The van der Waals surface area contributed by atoms with Gasteiger partial charge in [-0.05, 0) is 58.0 Å². The molecule has 6 nitrogen and oxygen atoms in total. The van der Waals surface area contributed by atoms with E-state index in [0.717, 1.165) is 33.8 Å². The number of rotatable bonds is 4. The van der Waals surface area contributed by atoms with Crippen molar-refractivity contribution in [3.63, 3.8) is 0 Å². The fraction of sp³-hybridized carbons (Fsp3) is 0.409. The van der Waals surface area contributed by atoms with Crippen molar-refractivity contribution in [2.75, 3.05) is 25.5 Å². The molecule has 0 atom stereocenters. The van der Waals surface area contributed by atoms with E-state index in [1.807, 2.05) is 55.9 Å². The van der Waals surface area contributed by atoms with E-state index in [1.165, 1.54) is 5.56 Å². The van der Waals surface area contributed by atoms with Gasteiger partial charge in [-0.1, -0.05) is 18.2 Å². The molecule has 1 amide bonds. The minimum atomic E-state index is -0.118. The Bertz CT molecular complexity index is 1150. The summed E-state index contributed by atoms with van der Waals surface area (Å²) in [4.78, 5) is 37.1. The molecule has 1 aliphatic heterocycles. The van der Waals surface area contributed by atoms with Gasteiger partial charge in [0.2, 0.25) is 5.91 Å². The first-order valence-electron chi connectivity index (χ1n) is 9.89. The van der Waals surface area contributed by atoms with Gasteiger partial charge in [0.1, 0.15) is 17.2 Å². The maximum atomic E-state index is 13.4. The number of aromatic nitrogens is 2. The van der Waals surface area contributed by atoms with Crippen molar-refractivity contribution in [3.05, 3.63) is 56.4 Å². The second-order valence-electron chi connectivity index (χ2n) is 7.90. The monoisotopic (exact) mass is 410 g/mol. The number of hydrogen-bond donors (Lipinski definition) is 0. The molecule has 7 heteroatoms. The van der Waals surface area contributed by atoms with Gasteiger partial charge in [0.05, 0.1) is 11.9 Å². The smallest absolute Gasteiger partial charge is 0.263 e. The largest absolute Gasteiger partial charge is 0.311 e. The fourth-order valence-corrected chi connectivity index (χ4v) is 4.99. The summed E-state index contributed by atoms with van der Waals surface area (Å²) in [5.74, 6) is 0.567. The lowest BCUT2D eigenvalue weighted by Crippen LogP contribution is -2.41. The van der Waals surface area contributed by atoms with Crippen LogP contribution < -0.4 is 10.5 Å². The Balaban J connectivity index is 1.77. The van der Waals surface area contributed by atoms with Crippen molar-refractivity contribution in [1.82, 2.24) is 14.5 Å². The lowest BCUT2D eigenvalue weighted by molar-refractivity contribution is -0.119. The molecule has 0 aliphatic carbocycles. The van der Waals surface area contributed by atoms with Crippen LogP contribution in [0.4, 0.5) is 5.69 Å². The van der Waals surface area contributed by atoms with E-state index in [2.05, 4.69) is 6.07 Å². The van der Waals surface area contributed by atoms with Crippen LogP contribution in [0.2, 0.25) is 0 Å². The van der Waals surface area contributed by atoms with E-state index in [9.17, 15) is 9.59 Å². The summed E-state index contributed by atoms with van der Waals surface area (Å²) < 4.78 is 1.57. The highest BCUT2D eigenvalue weighted by atomic mass is 32.1. The van der Waals surface area contributed by atoms with Crippen molar-refractivity contribution in [2.24, 2.45) is 0 Å². The van der Waals surface area contributed by atoms with E-state index in [4.69, 9.17) is 4.98 Å². The van der Waals surface area contributed by atoms with E-state index < -0.39 is 0 Å². The Kier molecular flexibility index (Phi) is 5.27. The van der Waals surface area contributed by atoms with E-state index >= 15 is 0 Å². The Morgan fingerprint density at radius 2 is 2.00 bits per heavy atom. The Morgan fingerprint density at radius 1 is 1.24 bits per heavy atom. The summed E-state index contributed by atoms with van der Waals surface area (Å²) in [6.45, 7) is 5.15. The highest BCUT2D eigenvalue weighted by Crippen LogP contribution is 2.28. The summed E-state index contributed by atoms with van der Waals surface area (Å²) in [6.07, 6.45) is 1.91. The first-order chi connectivity index (χ1) is 13.9. The number of thiophene rings is 1. The predicted octanol–water partition coefficient (Wildman–Crippen LogP) is 3.12. The van der Waals surface area contributed by atoms with Crippen LogP contribution in [0.3, 0.4) is 0 Å². The average Bonchev–Trinajstić information content (AvgIpc) is 2.97. The van der Waals surface area contributed by atoms with Crippen molar-refractivity contribution in [3.8, 4) is 0 Å². The van der Waals surface area contributed by atoms with Gasteiger partial charge in [-0.3, -0.25) is 14.2 Å². The number of benzene rings is 1. The van der Waals surface area contributed by atoms with Gasteiger partial charge in [0, 0.05) is 17.1 Å². The molecule has 0 fully saturated rings. The molecule has 1 aliphatic rings. The molecule has 1 aromatic carbocycles. The maximum absolute atomic E-state index is 13.4. The van der Waals surface area contributed by atoms with Gasteiger partial charge < -0.3 is 9.80 Å². The van der Waals surface area contributed by atoms with E-state index in [-0.39, 0.29) is 18.0 Å². The molecule has 152 valence electrons. The number of carbonyl (C=O) groups is 1. The molecule has 0 bridgehead atoms. The highest BCUT2D eigenvalue weighted by Gasteiger charge is 2.25. The minimum absolute atomic E-state index is 0.00755. The van der Waals surface area contributed by atoms with Crippen LogP contribution in [0.5, 0.6) is 0 Å². The molecule has 0 unspecified atom stereocenters. The van der Waals surface area contributed by atoms with Crippen molar-refractivity contribution in [1.29, 1.82) is 0 Å². The van der Waals surface area contributed by atoms with E-state index in [1.54, 1.807) is 15.9 Å². The van der Waals surface area contributed by atoms with Crippen LogP contribution in [-0.2, 0) is 24.3 Å². The fourth-order valence-electron chi connectivity index (χ4n) is 3.95. The molecule has 0 radical (unpaired) electrons. The molecular formula is C22H26N4O2S. The minimum Gasteiger partial charge on any atom is -0.311 e. The molecule has 3 aromatic rings.